The fraction of sp³-hybridized carbons (Fsp3) is 0.316. The predicted molar refractivity (Wildman–Crippen MR) is 98.5 cm³/mol. The summed E-state index contributed by atoms with van der Waals surface area (Å²) in [5.74, 6) is -1.55. The van der Waals surface area contributed by atoms with Crippen LogP contribution in [-0.4, -0.2) is 60.6 Å². The van der Waals surface area contributed by atoms with Gasteiger partial charge in [-0.2, -0.15) is 0 Å². The first kappa shape index (κ1) is 20.2. The average Bonchev–Trinajstić information content (AvgIpc) is 3.21. The third-order valence-electron chi connectivity index (χ3n) is 4.17. The lowest BCUT2D eigenvalue weighted by Gasteiger charge is -2.12. The van der Waals surface area contributed by atoms with Gasteiger partial charge in [0.1, 0.15) is 5.76 Å². The van der Waals surface area contributed by atoms with E-state index in [1.54, 1.807) is 6.92 Å². The number of anilines is 1. The van der Waals surface area contributed by atoms with Crippen LogP contribution in [0, 0.1) is 6.92 Å². The molecule has 0 saturated heterocycles. The quantitative estimate of drug-likeness (QED) is 0.399. The zero-order chi connectivity index (χ0) is 21.0. The molecule has 0 atom stereocenters. The van der Waals surface area contributed by atoms with Crippen LogP contribution in [-0.2, 0) is 14.3 Å². The molecule has 10 heteroatoms. The lowest BCUT2D eigenvalue weighted by molar-refractivity contribution is -0.119. The number of ether oxygens (including phenoxy) is 2. The number of rotatable bonds is 8. The van der Waals surface area contributed by atoms with Gasteiger partial charge in [-0.1, -0.05) is 5.16 Å². The van der Waals surface area contributed by atoms with Crippen molar-refractivity contribution < 1.29 is 33.2 Å². The number of carbonyl (C=O) groups is 4. The Balaban J connectivity index is 1.61. The third kappa shape index (κ3) is 4.49. The number of benzene rings is 1. The molecule has 1 N–H and O–H groups in total. The van der Waals surface area contributed by atoms with Crippen LogP contribution in [0.15, 0.2) is 28.8 Å². The van der Waals surface area contributed by atoms with Crippen molar-refractivity contribution >= 4 is 29.5 Å². The highest BCUT2D eigenvalue weighted by atomic mass is 16.5. The van der Waals surface area contributed by atoms with Gasteiger partial charge in [-0.05, 0) is 31.5 Å². The second-order valence-corrected chi connectivity index (χ2v) is 6.32. The van der Waals surface area contributed by atoms with Crippen molar-refractivity contribution in [1.29, 1.82) is 0 Å². The molecule has 10 nitrogen and oxygen atoms in total. The van der Waals surface area contributed by atoms with Crippen molar-refractivity contribution in [3.8, 4) is 0 Å². The number of methoxy groups -OCH3 is 1. The van der Waals surface area contributed by atoms with E-state index < -0.39 is 30.3 Å². The Hall–Kier alpha value is -3.53. The molecular weight excluding hydrogens is 382 g/mol. The molecule has 0 saturated carbocycles. The Bertz CT molecular complexity index is 966. The van der Waals surface area contributed by atoms with Crippen molar-refractivity contribution in [2.45, 2.75) is 13.3 Å². The summed E-state index contributed by atoms with van der Waals surface area (Å²) >= 11 is 0. The summed E-state index contributed by atoms with van der Waals surface area (Å²) < 4.78 is 14.7. The first-order chi connectivity index (χ1) is 13.9. The minimum atomic E-state index is -0.794. The van der Waals surface area contributed by atoms with E-state index in [0.29, 0.717) is 18.8 Å². The second-order valence-electron chi connectivity index (χ2n) is 6.32. The van der Waals surface area contributed by atoms with Gasteiger partial charge in [0.15, 0.2) is 12.4 Å². The fourth-order valence-corrected chi connectivity index (χ4v) is 2.81. The summed E-state index contributed by atoms with van der Waals surface area (Å²) in [6, 6.07) is 5.60. The Kier molecular flexibility index (Phi) is 6.03. The molecule has 0 spiro atoms. The maximum absolute atomic E-state index is 12.5. The molecule has 2 aromatic rings. The van der Waals surface area contributed by atoms with E-state index in [0.717, 1.165) is 4.90 Å². The van der Waals surface area contributed by atoms with Gasteiger partial charge in [0, 0.05) is 26.3 Å². The summed E-state index contributed by atoms with van der Waals surface area (Å²) in [7, 11) is 1.53. The smallest absolute Gasteiger partial charge is 0.338 e. The molecule has 29 heavy (non-hydrogen) atoms. The van der Waals surface area contributed by atoms with E-state index >= 15 is 0 Å². The van der Waals surface area contributed by atoms with E-state index in [2.05, 4.69) is 10.5 Å². The van der Waals surface area contributed by atoms with Gasteiger partial charge in [0.05, 0.1) is 16.7 Å². The van der Waals surface area contributed by atoms with E-state index in [1.807, 2.05) is 0 Å². The van der Waals surface area contributed by atoms with Crippen molar-refractivity contribution in [3.05, 3.63) is 46.7 Å². The van der Waals surface area contributed by atoms with Gasteiger partial charge in [0.2, 0.25) is 0 Å². The SMILES string of the molecule is COCCCN1C(=O)c2ccc(C(=O)OCC(=O)Nc3cc(C)on3)cc2C1=O. The van der Waals surface area contributed by atoms with Crippen LogP contribution in [0.5, 0.6) is 0 Å². The largest absolute Gasteiger partial charge is 0.452 e. The molecule has 1 aromatic carbocycles. The topological polar surface area (TPSA) is 128 Å². The van der Waals surface area contributed by atoms with Crippen molar-refractivity contribution in [2.24, 2.45) is 0 Å². The maximum Gasteiger partial charge on any atom is 0.338 e. The molecule has 0 radical (unpaired) electrons. The number of esters is 1. The Labute approximate surface area is 165 Å². The van der Waals surface area contributed by atoms with Gasteiger partial charge in [-0.3, -0.25) is 19.3 Å². The fourth-order valence-electron chi connectivity index (χ4n) is 2.81. The van der Waals surface area contributed by atoms with Crippen molar-refractivity contribution in [1.82, 2.24) is 10.1 Å². The molecule has 1 aliphatic heterocycles. The standard InChI is InChI=1S/C19H19N3O7/c1-11-8-15(21-29-11)20-16(23)10-28-19(26)12-4-5-13-14(9-12)18(25)22(17(13)24)6-3-7-27-2/h4-5,8-9H,3,6-7,10H2,1-2H3,(H,20,21,23). The van der Waals surface area contributed by atoms with Gasteiger partial charge in [-0.15, -0.1) is 0 Å². The van der Waals surface area contributed by atoms with Crippen LogP contribution in [0.25, 0.3) is 0 Å². The molecule has 0 aliphatic carbocycles. The van der Waals surface area contributed by atoms with Crippen LogP contribution in [0.2, 0.25) is 0 Å². The number of fused-ring (bicyclic) bond motifs is 1. The van der Waals surface area contributed by atoms with E-state index in [4.69, 9.17) is 14.0 Å². The van der Waals surface area contributed by atoms with Crippen LogP contribution < -0.4 is 5.32 Å². The maximum atomic E-state index is 12.5. The highest BCUT2D eigenvalue weighted by Crippen LogP contribution is 2.24. The van der Waals surface area contributed by atoms with Crippen molar-refractivity contribution in [3.63, 3.8) is 0 Å². The van der Waals surface area contributed by atoms with Crippen LogP contribution >= 0.6 is 0 Å². The zero-order valence-corrected chi connectivity index (χ0v) is 15.9. The number of hydrogen-bond acceptors (Lipinski definition) is 8. The van der Waals surface area contributed by atoms with Crippen LogP contribution in [0.1, 0.15) is 43.3 Å². The first-order valence-corrected chi connectivity index (χ1v) is 8.80. The number of nitrogens with one attached hydrogen (secondary N) is 1. The number of hydrogen-bond donors (Lipinski definition) is 1. The normalized spacial score (nSPS) is 12.8. The lowest BCUT2D eigenvalue weighted by atomic mass is 10.1. The number of aromatic nitrogens is 1. The summed E-state index contributed by atoms with van der Waals surface area (Å²) in [5.41, 5.74) is 0.418. The molecule has 3 rings (SSSR count). The number of nitrogens with zero attached hydrogens (tertiary/aromatic N) is 2. The number of imide groups is 1. The molecule has 152 valence electrons. The summed E-state index contributed by atoms with van der Waals surface area (Å²) in [4.78, 5) is 50.0. The minimum absolute atomic E-state index is 0.0636. The van der Waals surface area contributed by atoms with E-state index in [-0.39, 0.29) is 29.1 Å². The van der Waals surface area contributed by atoms with Gasteiger partial charge in [-0.25, -0.2) is 4.79 Å². The summed E-state index contributed by atoms with van der Waals surface area (Å²) in [6.07, 6.45) is 0.511. The second kappa shape index (κ2) is 8.65. The van der Waals surface area contributed by atoms with Gasteiger partial charge < -0.3 is 19.3 Å². The molecule has 1 aliphatic rings. The first-order valence-electron chi connectivity index (χ1n) is 8.80. The average molecular weight is 401 g/mol. The molecule has 3 amide bonds. The number of aryl methyl sites for hydroxylation is 1. The third-order valence-corrected chi connectivity index (χ3v) is 4.17. The molecule has 1 aromatic heterocycles. The monoisotopic (exact) mass is 401 g/mol. The lowest BCUT2D eigenvalue weighted by Crippen LogP contribution is -2.31. The van der Waals surface area contributed by atoms with Gasteiger partial charge in [0.25, 0.3) is 17.7 Å². The Morgan fingerprint density at radius 1 is 1.17 bits per heavy atom. The van der Waals surface area contributed by atoms with Crippen LogP contribution in [0.3, 0.4) is 0 Å². The number of amides is 3. The highest BCUT2D eigenvalue weighted by Gasteiger charge is 2.35. The predicted octanol–water partition coefficient (Wildman–Crippen LogP) is 1.41. The summed E-state index contributed by atoms with van der Waals surface area (Å²) in [6.45, 7) is 1.77. The van der Waals surface area contributed by atoms with Crippen LogP contribution in [0.4, 0.5) is 5.82 Å². The van der Waals surface area contributed by atoms with Crippen molar-refractivity contribution in [2.75, 3.05) is 32.2 Å². The molecule has 0 fully saturated rings. The molecular formula is C19H19N3O7. The van der Waals surface area contributed by atoms with Gasteiger partial charge >= 0.3 is 5.97 Å². The molecule has 2 heterocycles. The molecule has 0 bridgehead atoms. The summed E-state index contributed by atoms with van der Waals surface area (Å²) in [5, 5.41) is 6.02. The van der Waals surface area contributed by atoms with E-state index in [1.165, 1.54) is 31.4 Å². The molecule has 0 unspecified atom stereocenters. The Morgan fingerprint density at radius 3 is 2.62 bits per heavy atom. The van der Waals surface area contributed by atoms with E-state index in [9.17, 15) is 19.2 Å². The highest BCUT2D eigenvalue weighted by molar-refractivity contribution is 6.22. The zero-order valence-electron chi connectivity index (χ0n) is 15.9. The Morgan fingerprint density at radius 2 is 1.93 bits per heavy atom. The number of carbonyl (C=O) groups excluding carboxylic acids is 4. The minimum Gasteiger partial charge on any atom is -0.452 e.